The minimum absolute atomic E-state index is 0.0175. The molecule has 14 nitrogen and oxygen atoms in total. The fourth-order valence-corrected chi connectivity index (χ4v) is 12.4. The summed E-state index contributed by atoms with van der Waals surface area (Å²) in [6.07, 6.45) is 6.44. The van der Waals surface area contributed by atoms with Crippen LogP contribution < -0.4 is 19.3 Å². The molecule has 3 aliphatic heterocycles. The zero-order chi connectivity index (χ0) is 41.1. The zero-order valence-corrected chi connectivity index (χ0v) is 34.7. The van der Waals surface area contributed by atoms with Crippen molar-refractivity contribution in [1.29, 1.82) is 0 Å². The number of hydrogen-bond donors (Lipinski definition) is 1. The molecule has 3 heterocycles. The first-order valence-electron chi connectivity index (χ1n) is 19.5. The second-order valence-electron chi connectivity index (χ2n) is 14.6. The van der Waals surface area contributed by atoms with Crippen LogP contribution in [0, 0.1) is 0 Å². The lowest BCUT2D eigenvalue weighted by Crippen LogP contribution is -2.38. The van der Waals surface area contributed by atoms with Crippen molar-refractivity contribution in [2.24, 2.45) is 0 Å². The van der Waals surface area contributed by atoms with Crippen molar-refractivity contribution in [3.8, 4) is 5.75 Å². The van der Waals surface area contributed by atoms with Crippen molar-refractivity contribution in [3.63, 3.8) is 0 Å². The number of amides is 2. The molecule has 0 unspecified atom stereocenters. The van der Waals surface area contributed by atoms with Gasteiger partial charge in [0, 0.05) is 56.1 Å². The second kappa shape index (κ2) is 17.2. The van der Waals surface area contributed by atoms with Gasteiger partial charge in [0.1, 0.15) is 10.6 Å². The summed E-state index contributed by atoms with van der Waals surface area (Å²) >= 11 is 0. The SMILES string of the molecule is COc1ccc(N(C(=O)c2cccc(S(=O)(=O)N3CCCCC3)c2)S(=O)(=O)c2cc(NC(=O)c3cccc(S(=O)(=O)N4CCCCC4)c3)ccc2N2CCCC2)cc1. The molecule has 3 aliphatic rings. The molecule has 0 atom stereocenters. The van der Waals surface area contributed by atoms with Crippen molar-refractivity contribution < 1.29 is 39.6 Å². The summed E-state index contributed by atoms with van der Waals surface area (Å²) in [5.41, 5.74) is 0.277. The van der Waals surface area contributed by atoms with Crippen LogP contribution in [0.1, 0.15) is 72.1 Å². The van der Waals surface area contributed by atoms with Gasteiger partial charge < -0.3 is 15.0 Å². The summed E-state index contributed by atoms with van der Waals surface area (Å²) in [6.45, 7) is 2.61. The molecule has 308 valence electrons. The molecule has 0 saturated carbocycles. The van der Waals surface area contributed by atoms with Gasteiger partial charge in [0.05, 0.1) is 28.3 Å². The first-order valence-corrected chi connectivity index (χ1v) is 23.8. The molecule has 2 amide bonds. The molecule has 7 rings (SSSR count). The third-order valence-electron chi connectivity index (χ3n) is 10.8. The third kappa shape index (κ3) is 8.50. The minimum atomic E-state index is -4.81. The van der Waals surface area contributed by atoms with Crippen LogP contribution in [-0.4, -0.2) is 92.1 Å². The van der Waals surface area contributed by atoms with E-state index >= 15 is 8.42 Å². The van der Waals surface area contributed by atoms with E-state index in [9.17, 15) is 26.4 Å². The highest BCUT2D eigenvalue weighted by Crippen LogP contribution is 2.37. The Morgan fingerprint density at radius 1 is 0.603 bits per heavy atom. The number of carbonyl (C=O) groups is 2. The Balaban J connectivity index is 1.27. The number of sulfonamides is 3. The molecule has 3 fully saturated rings. The molecule has 3 saturated heterocycles. The molecule has 0 aromatic heterocycles. The highest BCUT2D eigenvalue weighted by molar-refractivity contribution is 7.93. The average molecular weight is 850 g/mol. The fourth-order valence-electron chi connectivity index (χ4n) is 7.62. The van der Waals surface area contributed by atoms with Gasteiger partial charge >= 0.3 is 0 Å². The van der Waals surface area contributed by atoms with E-state index in [1.807, 2.05) is 4.90 Å². The first kappa shape index (κ1) is 41.4. The second-order valence-corrected chi connectivity index (χ2v) is 20.2. The quantitative estimate of drug-likeness (QED) is 0.180. The van der Waals surface area contributed by atoms with Crippen LogP contribution in [0.3, 0.4) is 0 Å². The van der Waals surface area contributed by atoms with E-state index in [1.54, 1.807) is 12.1 Å². The topological polar surface area (TPSA) is 171 Å². The summed E-state index contributed by atoms with van der Waals surface area (Å²) in [4.78, 5) is 29.8. The number of ether oxygens (including phenoxy) is 1. The van der Waals surface area contributed by atoms with Crippen LogP contribution in [0.2, 0.25) is 0 Å². The maximum absolute atomic E-state index is 15.2. The number of nitrogens with zero attached hydrogens (tertiary/aromatic N) is 4. The van der Waals surface area contributed by atoms with Gasteiger partial charge in [-0.3, -0.25) is 9.59 Å². The van der Waals surface area contributed by atoms with E-state index in [0.29, 0.717) is 67.9 Å². The molecule has 4 aromatic rings. The number of piperidine rings is 2. The maximum Gasteiger partial charge on any atom is 0.273 e. The predicted molar refractivity (Wildman–Crippen MR) is 221 cm³/mol. The van der Waals surface area contributed by atoms with Gasteiger partial charge in [-0.2, -0.15) is 12.9 Å². The zero-order valence-electron chi connectivity index (χ0n) is 32.2. The van der Waals surface area contributed by atoms with Gasteiger partial charge in [-0.05, 0) is 117 Å². The number of hydrogen-bond acceptors (Lipinski definition) is 10. The van der Waals surface area contributed by atoms with Crippen LogP contribution in [0.25, 0.3) is 0 Å². The highest BCUT2D eigenvalue weighted by atomic mass is 32.2. The van der Waals surface area contributed by atoms with E-state index in [0.717, 1.165) is 38.5 Å². The van der Waals surface area contributed by atoms with E-state index in [4.69, 9.17) is 4.74 Å². The van der Waals surface area contributed by atoms with E-state index in [2.05, 4.69) is 5.32 Å². The number of anilines is 3. The number of benzene rings is 4. The molecule has 0 spiro atoms. The minimum Gasteiger partial charge on any atom is -0.497 e. The van der Waals surface area contributed by atoms with Gasteiger partial charge in [0.15, 0.2) is 0 Å². The highest BCUT2D eigenvalue weighted by Gasteiger charge is 2.37. The Bertz CT molecular complexity index is 2500. The van der Waals surface area contributed by atoms with Gasteiger partial charge in [-0.1, -0.05) is 25.0 Å². The Hall–Kier alpha value is -4.81. The number of carbonyl (C=O) groups excluding carboxylic acids is 2. The van der Waals surface area contributed by atoms with E-state index < -0.39 is 41.9 Å². The molecule has 58 heavy (non-hydrogen) atoms. The lowest BCUT2D eigenvalue weighted by Gasteiger charge is -2.28. The number of methoxy groups -OCH3 is 1. The molecule has 0 radical (unpaired) electrons. The standard InChI is InChI=1S/C41H47N5O9S3/c1-55-35-19-17-34(18-20-35)46(41(48)32-13-11-15-37(29-32)57(51,52)45-26-6-3-7-27-45)58(53,54)39-30-33(16-21-38(39)43-22-8-9-23-43)42-40(47)31-12-10-14-36(28-31)56(49,50)44-24-4-2-5-25-44/h10-21,28-30H,2-9,22-27H2,1H3,(H,42,47). The summed E-state index contributed by atoms with van der Waals surface area (Å²) in [5, 5.41) is 2.73. The molecule has 0 bridgehead atoms. The first-order chi connectivity index (χ1) is 27.8. The van der Waals surface area contributed by atoms with E-state index in [1.165, 1.54) is 94.6 Å². The molecular weight excluding hydrogens is 803 g/mol. The lowest BCUT2D eigenvalue weighted by molar-refractivity contribution is 0.100. The van der Waals surface area contributed by atoms with Crippen LogP contribution >= 0.6 is 0 Å². The van der Waals surface area contributed by atoms with E-state index in [-0.39, 0.29) is 37.2 Å². The summed E-state index contributed by atoms with van der Waals surface area (Å²) in [5.74, 6) is -1.24. The molecule has 0 aliphatic carbocycles. The Kier molecular flexibility index (Phi) is 12.3. The van der Waals surface area contributed by atoms with Crippen molar-refractivity contribution in [1.82, 2.24) is 8.61 Å². The molecule has 1 N–H and O–H groups in total. The van der Waals surface area contributed by atoms with Crippen LogP contribution in [-0.2, 0) is 30.1 Å². The van der Waals surface area contributed by atoms with Crippen molar-refractivity contribution in [2.75, 3.05) is 60.9 Å². The van der Waals surface area contributed by atoms with Crippen molar-refractivity contribution in [2.45, 2.75) is 66.1 Å². The summed E-state index contributed by atoms with van der Waals surface area (Å²) in [6, 6.07) is 21.4. The van der Waals surface area contributed by atoms with Gasteiger partial charge in [0.2, 0.25) is 20.0 Å². The summed E-state index contributed by atoms with van der Waals surface area (Å²) in [7, 11) is -11.2. The smallest absolute Gasteiger partial charge is 0.273 e. The van der Waals surface area contributed by atoms with Crippen LogP contribution in [0.5, 0.6) is 5.75 Å². The average Bonchev–Trinajstić information content (AvgIpc) is 3.80. The van der Waals surface area contributed by atoms with Crippen LogP contribution in [0.15, 0.2) is 106 Å². The normalized spacial score (nSPS) is 17.2. The van der Waals surface area contributed by atoms with Gasteiger partial charge in [-0.15, -0.1) is 0 Å². The Morgan fingerprint density at radius 2 is 1.12 bits per heavy atom. The van der Waals surface area contributed by atoms with Gasteiger partial charge in [0.25, 0.3) is 21.8 Å². The predicted octanol–water partition coefficient (Wildman–Crippen LogP) is 5.93. The number of rotatable bonds is 12. The van der Waals surface area contributed by atoms with Crippen LogP contribution in [0.4, 0.5) is 17.1 Å². The Morgan fingerprint density at radius 3 is 1.67 bits per heavy atom. The fraction of sp³-hybridized carbons (Fsp3) is 0.366. The maximum atomic E-state index is 15.2. The van der Waals surface area contributed by atoms with Crippen molar-refractivity contribution in [3.05, 3.63) is 102 Å². The number of nitrogens with one attached hydrogen (secondary N) is 1. The largest absolute Gasteiger partial charge is 0.497 e. The summed E-state index contributed by atoms with van der Waals surface area (Å²) < 4.78 is 93.2. The monoisotopic (exact) mass is 849 g/mol. The lowest BCUT2D eigenvalue weighted by atomic mass is 10.2. The van der Waals surface area contributed by atoms with Crippen molar-refractivity contribution >= 4 is 58.9 Å². The molecule has 17 heteroatoms. The Labute approximate surface area is 340 Å². The third-order valence-corrected chi connectivity index (χ3v) is 16.3. The molecule has 4 aromatic carbocycles. The molecular formula is C41H47N5O9S3. The van der Waals surface area contributed by atoms with Gasteiger partial charge in [-0.25, -0.2) is 25.3 Å².